The molecule has 0 radical (unpaired) electrons. The highest BCUT2D eigenvalue weighted by Crippen LogP contribution is 2.26. The Hall–Kier alpha value is -1.51. The van der Waals surface area contributed by atoms with Crippen molar-refractivity contribution in [3.63, 3.8) is 0 Å². The molecule has 0 bridgehead atoms. The predicted molar refractivity (Wildman–Crippen MR) is 123 cm³/mol. The fraction of sp³-hybridized carbons (Fsp3) is 0.731. The average Bonchev–Trinajstić information content (AvgIpc) is 2.64. The molecule has 1 rings (SSSR count). The molecule has 3 nitrogen and oxygen atoms in total. The average molecular weight is 405 g/mol. The van der Waals surface area contributed by atoms with Gasteiger partial charge in [-0.3, -0.25) is 4.79 Å². The summed E-state index contributed by atoms with van der Waals surface area (Å²) in [4.78, 5) is 12.0. The minimum absolute atomic E-state index is 0.161. The van der Waals surface area contributed by atoms with Gasteiger partial charge in [0, 0.05) is 6.07 Å². The lowest BCUT2D eigenvalue weighted by atomic mass is 9.97. The third kappa shape index (κ3) is 12.6. The van der Waals surface area contributed by atoms with Crippen molar-refractivity contribution in [2.45, 2.75) is 118 Å². The largest absolute Gasteiger partial charge is 0.508 e. The Bertz CT molecular complexity index is 572. The van der Waals surface area contributed by atoms with Crippen LogP contribution in [0.15, 0.2) is 18.2 Å². The van der Waals surface area contributed by atoms with Gasteiger partial charge in [0.15, 0.2) is 0 Å². The van der Waals surface area contributed by atoms with Crippen molar-refractivity contribution in [3.8, 4) is 11.5 Å². The molecule has 0 fully saturated rings. The number of rotatable bonds is 15. The first-order valence-electron chi connectivity index (χ1n) is 11.9. The number of hydrogen-bond donors (Lipinski definition) is 1. The molecule has 0 heterocycles. The SMILES string of the molecule is CCCCCCCCCCCCCCCc1cc(O)cc(OC(=O)C(C)(C)C)c1. The Balaban J connectivity index is 2.13. The van der Waals surface area contributed by atoms with Gasteiger partial charge >= 0.3 is 5.97 Å². The van der Waals surface area contributed by atoms with Crippen LogP contribution in [0.3, 0.4) is 0 Å². The van der Waals surface area contributed by atoms with Crippen LogP contribution in [0.4, 0.5) is 0 Å². The molecule has 0 amide bonds. The van der Waals surface area contributed by atoms with Gasteiger partial charge < -0.3 is 9.84 Å². The van der Waals surface area contributed by atoms with E-state index in [0.717, 1.165) is 18.4 Å². The van der Waals surface area contributed by atoms with Gasteiger partial charge in [0.05, 0.1) is 5.41 Å². The van der Waals surface area contributed by atoms with Crippen LogP contribution >= 0.6 is 0 Å². The third-order valence-corrected chi connectivity index (χ3v) is 5.34. The first-order chi connectivity index (χ1) is 13.8. The van der Waals surface area contributed by atoms with E-state index in [1.54, 1.807) is 6.07 Å². The van der Waals surface area contributed by atoms with E-state index >= 15 is 0 Å². The quantitative estimate of drug-likeness (QED) is 0.183. The maximum Gasteiger partial charge on any atom is 0.316 e. The molecule has 3 heteroatoms. The number of hydrogen-bond acceptors (Lipinski definition) is 3. The molecule has 1 aromatic rings. The van der Waals surface area contributed by atoms with E-state index < -0.39 is 5.41 Å². The van der Waals surface area contributed by atoms with Crippen LogP contribution in [-0.2, 0) is 11.2 Å². The Morgan fingerprint density at radius 2 is 1.28 bits per heavy atom. The summed E-state index contributed by atoms with van der Waals surface area (Å²) < 4.78 is 5.42. The lowest BCUT2D eigenvalue weighted by Crippen LogP contribution is -2.25. The van der Waals surface area contributed by atoms with Crippen molar-refractivity contribution >= 4 is 5.97 Å². The van der Waals surface area contributed by atoms with Crippen molar-refractivity contribution in [1.29, 1.82) is 0 Å². The molecule has 0 unspecified atom stereocenters. The van der Waals surface area contributed by atoms with Crippen molar-refractivity contribution in [3.05, 3.63) is 23.8 Å². The van der Waals surface area contributed by atoms with Gasteiger partial charge in [-0.1, -0.05) is 84.0 Å². The Kier molecular flexibility index (Phi) is 12.7. The molecule has 0 aliphatic heterocycles. The molecule has 0 saturated carbocycles. The molecular weight excluding hydrogens is 360 g/mol. The van der Waals surface area contributed by atoms with Crippen LogP contribution in [0, 0.1) is 5.41 Å². The molecule has 0 spiro atoms. The molecule has 1 aromatic carbocycles. The van der Waals surface area contributed by atoms with Crippen molar-refractivity contribution in [2.24, 2.45) is 5.41 Å². The molecule has 0 aromatic heterocycles. The van der Waals surface area contributed by atoms with Gasteiger partial charge in [-0.25, -0.2) is 0 Å². The summed E-state index contributed by atoms with van der Waals surface area (Å²) in [5, 5.41) is 9.92. The number of aromatic hydroxyl groups is 1. The zero-order chi connectivity index (χ0) is 21.5. The second-order valence-electron chi connectivity index (χ2n) is 9.47. The van der Waals surface area contributed by atoms with E-state index in [2.05, 4.69) is 6.92 Å². The van der Waals surface area contributed by atoms with Gasteiger partial charge in [-0.2, -0.15) is 0 Å². The highest BCUT2D eigenvalue weighted by molar-refractivity contribution is 5.78. The molecule has 29 heavy (non-hydrogen) atoms. The standard InChI is InChI=1S/C26H44O3/c1-5-6-7-8-9-10-11-12-13-14-15-16-17-18-22-19-23(27)21-24(20-22)29-25(28)26(2,3)4/h19-21,27H,5-18H2,1-4H3. The number of aryl methyl sites for hydroxylation is 1. The number of phenols is 1. The van der Waals surface area contributed by atoms with E-state index in [4.69, 9.17) is 4.74 Å². The van der Waals surface area contributed by atoms with E-state index in [9.17, 15) is 9.90 Å². The lowest BCUT2D eigenvalue weighted by Gasteiger charge is -2.17. The number of phenolic OH excluding ortho intramolecular Hbond substituents is 1. The smallest absolute Gasteiger partial charge is 0.316 e. The van der Waals surface area contributed by atoms with Gasteiger partial charge in [0.1, 0.15) is 11.5 Å². The Labute approximate surface area is 179 Å². The predicted octanol–water partition coefficient (Wildman–Crippen LogP) is 7.98. The Morgan fingerprint density at radius 3 is 1.76 bits per heavy atom. The number of benzene rings is 1. The highest BCUT2D eigenvalue weighted by Gasteiger charge is 2.24. The van der Waals surface area contributed by atoms with E-state index in [1.807, 2.05) is 26.8 Å². The van der Waals surface area contributed by atoms with Gasteiger partial charge in [0.25, 0.3) is 0 Å². The van der Waals surface area contributed by atoms with E-state index in [1.165, 1.54) is 83.1 Å². The van der Waals surface area contributed by atoms with Gasteiger partial charge in [-0.15, -0.1) is 0 Å². The number of ether oxygens (including phenoxy) is 1. The fourth-order valence-electron chi connectivity index (χ4n) is 3.45. The van der Waals surface area contributed by atoms with Crippen LogP contribution in [0.2, 0.25) is 0 Å². The zero-order valence-electron chi connectivity index (χ0n) is 19.4. The monoisotopic (exact) mass is 404 g/mol. The maximum atomic E-state index is 12.0. The lowest BCUT2D eigenvalue weighted by molar-refractivity contribution is -0.143. The summed E-state index contributed by atoms with van der Waals surface area (Å²) in [5.41, 5.74) is 0.477. The topological polar surface area (TPSA) is 46.5 Å². The van der Waals surface area contributed by atoms with Crippen LogP contribution in [0.25, 0.3) is 0 Å². The Morgan fingerprint density at radius 1 is 0.793 bits per heavy atom. The summed E-state index contributed by atoms with van der Waals surface area (Å²) in [5.74, 6) is 0.318. The normalized spacial score (nSPS) is 11.6. The van der Waals surface area contributed by atoms with Crippen LogP contribution in [0.5, 0.6) is 11.5 Å². The second kappa shape index (κ2) is 14.5. The van der Waals surface area contributed by atoms with Crippen molar-refractivity contribution in [1.82, 2.24) is 0 Å². The molecule has 1 N–H and O–H groups in total. The number of carbonyl (C=O) groups excluding carboxylic acids is 1. The zero-order valence-corrected chi connectivity index (χ0v) is 19.4. The molecule has 166 valence electrons. The highest BCUT2D eigenvalue weighted by atomic mass is 16.5. The minimum Gasteiger partial charge on any atom is -0.508 e. The summed E-state index contributed by atoms with van der Waals surface area (Å²) in [6.07, 6.45) is 18.3. The first-order valence-corrected chi connectivity index (χ1v) is 11.9. The van der Waals surface area contributed by atoms with Crippen LogP contribution < -0.4 is 4.74 Å². The summed E-state index contributed by atoms with van der Waals surface area (Å²) in [7, 11) is 0. The molecule has 0 atom stereocenters. The fourth-order valence-corrected chi connectivity index (χ4v) is 3.45. The summed E-state index contributed by atoms with van der Waals surface area (Å²) in [6.45, 7) is 7.75. The van der Waals surface area contributed by atoms with Crippen molar-refractivity contribution in [2.75, 3.05) is 0 Å². The van der Waals surface area contributed by atoms with Gasteiger partial charge in [0.2, 0.25) is 0 Å². The van der Waals surface area contributed by atoms with Crippen LogP contribution in [0.1, 0.15) is 117 Å². The summed E-state index contributed by atoms with van der Waals surface area (Å²) in [6, 6.07) is 5.16. The number of esters is 1. The second-order valence-corrected chi connectivity index (χ2v) is 9.47. The van der Waals surface area contributed by atoms with E-state index in [-0.39, 0.29) is 11.7 Å². The number of carbonyl (C=O) groups is 1. The summed E-state index contributed by atoms with van der Waals surface area (Å²) >= 11 is 0. The third-order valence-electron chi connectivity index (χ3n) is 5.34. The van der Waals surface area contributed by atoms with Crippen LogP contribution in [-0.4, -0.2) is 11.1 Å². The first kappa shape index (κ1) is 25.5. The molecule has 0 saturated heterocycles. The molecule has 0 aliphatic carbocycles. The molecular formula is C26H44O3. The van der Waals surface area contributed by atoms with Gasteiger partial charge in [-0.05, 0) is 51.3 Å². The number of unbranched alkanes of at least 4 members (excludes halogenated alkanes) is 12. The molecule has 0 aliphatic rings. The van der Waals surface area contributed by atoms with Crippen molar-refractivity contribution < 1.29 is 14.6 Å². The minimum atomic E-state index is -0.555. The maximum absolute atomic E-state index is 12.0. The van der Waals surface area contributed by atoms with E-state index in [0.29, 0.717) is 5.75 Å².